The van der Waals surface area contributed by atoms with Crippen molar-refractivity contribution >= 4 is 45.1 Å². The van der Waals surface area contributed by atoms with Crippen LogP contribution in [0.4, 0.5) is 8.78 Å². The lowest BCUT2D eigenvalue weighted by Gasteiger charge is -2.40. The average molecular weight is 629 g/mol. The van der Waals surface area contributed by atoms with Crippen LogP contribution in [0, 0.1) is 5.41 Å². The summed E-state index contributed by atoms with van der Waals surface area (Å²) in [4.78, 5) is 60.1. The second-order valence-corrected chi connectivity index (χ2v) is 14.5. The van der Waals surface area contributed by atoms with E-state index in [0.717, 1.165) is 56.9 Å². The summed E-state index contributed by atoms with van der Waals surface area (Å²) in [6.45, 7) is 4.19. The second-order valence-electron chi connectivity index (χ2n) is 13.4. The lowest BCUT2D eigenvalue weighted by atomic mass is 9.81. The van der Waals surface area contributed by atoms with Crippen LogP contribution in [0.2, 0.25) is 0 Å². The van der Waals surface area contributed by atoms with Gasteiger partial charge in [-0.05, 0) is 73.9 Å². The molecule has 1 aromatic heterocycles. The topological polar surface area (TPSA) is 90.0 Å². The maximum atomic E-state index is 14.3. The lowest BCUT2D eigenvalue weighted by molar-refractivity contribution is -0.149. The van der Waals surface area contributed by atoms with E-state index >= 15 is 0 Å². The highest BCUT2D eigenvalue weighted by Gasteiger charge is 2.48. The Labute approximate surface area is 261 Å². The standard InChI is InChI=1S/C33H42F2N4O4S/c1-21(40)37-16-11-24-8-9-26(31(43)38-15-6-5-14-33(20-38)12-3-4-13-33)39(24)30(42)25(19-37)36-29(41)28-18-22-17-23(32(2,34)35)7-10-27(22)44-28/h7,10,17-18,24-26H,3-6,8-9,11-16,19-20H2,1-2H3,(H,36,41)/t24-,25+,26+/m1/s1. The number of hydrogen-bond acceptors (Lipinski definition) is 5. The third-order valence-corrected chi connectivity index (χ3v) is 11.5. The van der Waals surface area contributed by atoms with Gasteiger partial charge in [0, 0.05) is 56.3 Å². The highest BCUT2D eigenvalue weighted by Crippen LogP contribution is 2.45. The minimum Gasteiger partial charge on any atom is -0.340 e. The number of nitrogens with zero attached hydrogens (tertiary/aromatic N) is 3. The van der Waals surface area contributed by atoms with Crippen molar-refractivity contribution < 1.29 is 28.0 Å². The summed E-state index contributed by atoms with van der Waals surface area (Å²) in [5, 5.41) is 3.38. The van der Waals surface area contributed by atoms with E-state index in [1.807, 2.05) is 4.90 Å². The van der Waals surface area contributed by atoms with Gasteiger partial charge in [0.25, 0.3) is 11.8 Å². The monoisotopic (exact) mass is 628 g/mol. The summed E-state index contributed by atoms with van der Waals surface area (Å²) in [6.07, 6.45) is 9.79. The Kier molecular flexibility index (Phi) is 8.45. The summed E-state index contributed by atoms with van der Waals surface area (Å²) < 4.78 is 28.5. The van der Waals surface area contributed by atoms with Crippen LogP contribution in [0.5, 0.6) is 0 Å². The van der Waals surface area contributed by atoms with E-state index in [9.17, 15) is 28.0 Å². The van der Waals surface area contributed by atoms with E-state index < -0.39 is 23.9 Å². The molecule has 11 heteroatoms. The van der Waals surface area contributed by atoms with Crippen LogP contribution in [0.3, 0.4) is 0 Å². The largest absolute Gasteiger partial charge is 0.340 e. The molecular formula is C33H42F2N4O4S. The normalized spacial score (nSPS) is 26.0. The lowest BCUT2D eigenvalue weighted by Crippen LogP contribution is -2.61. The van der Waals surface area contributed by atoms with Gasteiger partial charge < -0.3 is 20.0 Å². The van der Waals surface area contributed by atoms with Crippen LogP contribution < -0.4 is 5.32 Å². The van der Waals surface area contributed by atoms with Crippen molar-refractivity contribution in [1.29, 1.82) is 0 Å². The number of benzene rings is 1. The smallest absolute Gasteiger partial charge is 0.270 e. The molecule has 0 radical (unpaired) electrons. The van der Waals surface area contributed by atoms with Crippen molar-refractivity contribution in [2.45, 2.75) is 102 Å². The maximum Gasteiger partial charge on any atom is 0.270 e. The fraction of sp³-hybridized carbons (Fsp3) is 0.636. The van der Waals surface area contributed by atoms with E-state index in [0.29, 0.717) is 42.4 Å². The van der Waals surface area contributed by atoms with Crippen LogP contribution in [0.25, 0.3) is 10.1 Å². The van der Waals surface area contributed by atoms with E-state index in [2.05, 4.69) is 5.32 Å². The molecule has 2 aromatic rings. The molecule has 0 bridgehead atoms. The minimum atomic E-state index is -3.01. The number of fused-ring (bicyclic) bond motifs is 2. The van der Waals surface area contributed by atoms with Gasteiger partial charge in [-0.1, -0.05) is 25.3 Å². The molecule has 1 spiro atoms. The molecule has 4 aliphatic rings. The van der Waals surface area contributed by atoms with Crippen molar-refractivity contribution in [2.75, 3.05) is 26.2 Å². The Morgan fingerprint density at radius 1 is 0.977 bits per heavy atom. The number of rotatable bonds is 4. The molecule has 3 saturated heterocycles. The number of carbonyl (C=O) groups is 4. The highest BCUT2D eigenvalue weighted by molar-refractivity contribution is 7.20. The van der Waals surface area contributed by atoms with Gasteiger partial charge in [0.1, 0.15) is 12.1 Å². The number of carbonyl (C=O) groups excluding carboxylic acids is 4. The number of thiophene rings is 1. The van der Waals surface area contributed by atoms with Gasteiger partial charge in [0.2, 0.25) is 17.7 Å². The van der Waals surface area contributed by atoms with E-state index in [-0.39, 0.29) is 46.2 Å². The van der Waals surface area contributed by atoms with E-state index in [1.54, 1.807) is 21.9 Å². The third-order valence-electron chi connectivity index (χ3n) is 10.4. The Bertz CT molecular complexity index is 1450. The van der Waals surface area contributed by atoms with Crippen molar-refractivity contribution in [2.24, 2.45) is 5.41 Å². The van der Waals surface area contributed by atoms with Gasteiger partial charge in [-0.15, -0.1) is 11.3 Å². The first kappa shape index (κ1) is 30.9. The Morgan fingerprint density at radius 2 is 1.70 bits per heavy atom. The number of hydrogen-bond donors (Lipinski definition) is 1. The quantitative estimate of drug-likeness (QED) is 0.498. The molecule has 0 unspecified atom stereocenters. The molecule has 1 aliphatic carbocycles. The summed E-state index contributed by atoms with van der Waals surface area (Å²) in [5.74, 6) is -4.03. The fourth-order valence-corrected chi connectivity index (χ4v) is 8.91. The van der Waals surface area contributed by atoms with Gasteiger partial charge in [-0.2, -0.15) is 0 Å². The van der Waals surface area contributed by atoms with Crippen LogP contribution >= 0.6 is 11.3 Å². The third kappa shape index (κ3) is 6.08. The van der Waals surface area contributed by atoms with E-state index in [4.69, 9.17) is 0 Å². The minimum absolute atomic E-state index is 0.00790. The summed E-state index contributed by atoms with van der Waals surface area (Å²) in [6, 6.07) is 4.07. The van der Waals surface area contributed by atoms with Crippen molar-refractivity contribution in [3.05, 3.63) is 34.7 Å². The number of halogens is 2. The summed E-state index contributed by atoms with van der Waals surface area (Å²) in [7, 11) is 0. The number of alkyl halides is 2. The first-order chi connectivity index (χ1) is 20.9. The molecule has 3 aliphatic heterocycles. The molecule has 238 valence electrons. The molecular weight excluding hydrogens is 586 g/mol. The molecule has 6 rings (SSSR count). The SMILES string of the molecule is CC(=O)N1CC[C@H]2CC[C@@H](C(=O)N3CCCCC4(CCCC4)C3)N2C(=O)[C@@H](NC(=O)c2cc3cc(C(C)(F)F)ccc3s2)C1. The first-order valence-electron chi connectivity index (χ1n) is 16.0. The van der Waals surface area contributed by atoms with Gasteiger partial charge >= 0.3 is 0 Å². The Morgan fingerprint density at radius 3 is 2.41 bits per heavy atom. The molecule has 4 fully saturated rings. The molecule has 1 saturated carbocycles. The zero-order chi connectivity index (χ0) is 31.2. The fourth-order valence-electron chi connectivity index (χ4n) is 7.97. The van der Waals surface area contributed by atoms with Gasteiger partial charge in [-0.25, -0.2) is 8.78 Å². The molecule has 4 amide bonds. The number of nitrogens with one attached hydrogen (secondary N) is 1. The highest BCUT2D eigenvalue weighted by atomic mass is 32.1. The van der Waals surface area contributed by atoms with Gasteiger partial charge in [0.15, 0.2) is 0 Å². The maximum absolute atomic E-state index is 14.3. The zero-order valence-corrected chi connectivity index (χ0v) is 26.4. The summed E-state index contributed by atoms with van der Waals surface area (Å²) >= 11 is 1.16. The number of amides is 4. The van der Waals surface area contributed by atoms with Crippen molar-refractivity contribution in [3.63, 3.8) is 0 Å². The molecule has 3 atom stereocenters. The molecule has 44 heavy (non-hydrogen) atoms. The zero-order valence-electron chi connectivity index (χ0n) is 25.6. The van der Waals surface area contributed by atoms with Crippen LogP contribution in [-0.4, -0.2) is 82.6 Å². The first-order valence-corrected chi connectivity index (χ1v) is 16.8. The average Bonchev–Trinajstić information content (AvgIpc) is 3.68. The van der Waals surface area contributed by atoms with Gasteiger partial charge in [-0.3, -0.25) is 19.2 Å². The van der Waals surface area contributed by atoms with Crippen LogP contribution in [0.1, 0.15) is 93.3 Å². The molecule has 8 nitrogen and oxygen atoms in total. The van der Waals surface area contributed by atoms with Crippen molar-refractivity contribution in [3.8, 4) is 0 Å². The number of likely N-dealkylation sites (tertiary alicyclic amines) is 1. The predicted molar refractivity (Wildman–Crippen MR) is 165 cm³/mol. The van der Waals surface area contributed by atoms with Crippen molar-refractivity contribution in [1.82, 2.24) is 20.0 Å². The molecule has 1 aromatic carbocycles. The second kappa shape index (κ2) is 12.0. The Hall–Kier alpha value is -3.08. The molecule has 1 N–H and O–H groups in total. The summed E-state index contributed by atoms with van der Waals surface area (Å²) in [5.41, 5.74) is 0.0575. The molecule has 4 heterocycles. The Balaban J connectivity index is 1.24. The predicted octanol–water partition coefficient (Wildman–Crippen LogP) is 5.30. The van der Waals surface area contributed by atoms with E-state index in [1.165, 1.54) is 31.9 Å². The van der Waals surface area contributed by atoms with Crippen LogP contribution in [-0.2, 0) is 20.3 Å². The van der Waals surface area contributed by atoms with Gasteiger partial charge in [0.05, 0.1) is 4.88 Å². The van der Waals surface area contributed by atoms with Crippen LogP contribution in [0.15, 0.2) is 24.3 Å².